The molecule has 0 saturated heterocycles. The Bertz CT molecular complexity index is 389. The van der Waals surface area contributed by atoms with Crippen molar-refractivity contribution in [2.75, 3.05) is 0 Å². The Morgan fingerprint density at radius 1 is 0.833 bits per heavy atom. The van der Waals surface area contributed by atoms with Gasteiger partial charge < -0.3 is 5.11 Å². The quantitative estimate of drug-likeness (QED) is 0.532. The molecule has 0 amide bonds. The van der Waals surface area contributed by atoms with E-state index in [1.54, 1.807) is 0 Å². The Morgan fingerprint density at radius 2 is 1.06 bits per heavy atom. The highest BCUT2D eigenvalue weighted by molar-refractivity contribution is 5.63. The summed E-state index contributed by atoms with van der Waals surface area (Å²) in [4.78, 5) is 9.00. The van der Waals surface area contributed by atoms with Crippen molar-refractivity contribution in [3.8, 4) is 11.1 Å². The summed E-state index contributed by atoms with van der Waals surface area (Å²) in [7, 11) is 0. The largest absolute Gasteiger partial charge is 0.481 e. The zero-order valence-corrected chi connectivity index (χ0v) is 10.3. The Balaban J connectivity index is 0.000000415. The van der Waals surface area contributed by atoms with Crippen molar-refractivity contribution < 1.29 is 9.90 Å². The van der Waals surface area contributed by atoms with E-state index < -0.39 is 5.97 Å². The molecular weight excluding hydrogens is 228 g/mol. The lowest BCUT2D eigenvalue weighted by Crippen LogP contribution is -2.02. The first-order chi connectivity index (χ1) is 8.70. The maximum absolute atomic E-state index is 9.00. The highest BCUT2D eigenvalue weighted by atomic mass is 16.4. The van der Waals surface area contributed by atoms with Crippen LogP contribution in [0.25, 0.3) is 11.1 Å². The molecule has 2 aromatic rings. The Morgan fingerprint density at radius 3 is 1.28 bits per heavy atom. The number of hydrogen-bond acceptors (Lipinski definition) is 3. The van der Waals surface area contributed by atoms with E-state index >= 15 is 0 Å². The first-order valence-electron chi connectivity index (χ1n) is 5.33. The number of carboxylic acids is 1. The predicted octanol–water partition coefficient (Wildman–Crippen LogP) is 2.26. The maximum Gasteiger partial charge on any atom is 0.300 e. The summed E-state index contributed by atoms with van der Waals surface area (Å²) in [6.07, 6.45) is 0. The molecule has 18 heavy (non-hydrogen) atoms. The molecule has 0 unspecified atom stereocenters. The third-order valence-corrected chi connectivity index (χ3v) is 1.88. The van der Waals surface area contributed by atoms with Crippen LogP contribution in [0.3, 0.4) is 0 Å². The van der Waals surface area contributed by atoms with Crippen molar-refractivity contribution in [3.05, 3.63) is 60.7 Å². The molecule has 96 valence electrons. The summed E-state index contributed by atoms with van der Waals surface area (Å²) in [5.41, 5.74) is 2.55. The molecule has 4 nitrogen and oxygen atoms in total. The SMILES string of the molecule is CC(=O)O.NN.c1ccc(-c2ccccc2)cc1. The van der Waals surface area contributed by atoms with Crippen LogP contribution in [-0.2, 0) is 4.79 Å². The molecule has 0 aliphatic carbocycles. The smallest absolute Gasteiger partial charge is 0.300 e. The molecule has 0 aliphatic rings. The van der Waals surface area contributed by atoms with Gasteiger partial charge in [0, 0.05) is 6.92 Å². The number of hydrogen-bond donors (Lipinski definition) is 3. The van der Waals surface area contributed by atoms with Gasteiger partial charge in [0.2, 0.25) is 0 Å². The van der Waals surface area contributed by atoms with Gasteiger partial charge in [-0.05, 0) is 11.1 Å². The van der Waals surface area contributed by atoms with Crippen LogP contribution in [0.4, 0.5) is 0 Å². The van der Waals surface area contributed by atoms with Gasteiger partial charge in [-0.1, -0.05) is 60.7 Å². The molecule has 0 radical (unpaired) electrons. The van der Waals surface area contributed by atoms with E-state index in [1.807, 2.05) is 12.1 Å². The summed E-state index contributed by atoms with van der Waals surface area (Å²) in [6, 6.07) is 20.8. The van der Waals surface area contributed by atoms with Gasteiger partial charge in [0.1, 0.15) is 0 Å². The zero-order chi connectivity index (χ0) is 13.8. The van der Waals surface area contributed by atoms with E-state index in [-0.39, 0.29) is 0 Å². The van der Waals surface area contributed by atoms with Crippen LogP contribution in [0, 0.1) is 0 Å². The molecular formula is C14H18N2O2. The molecule has 0 aromatic heterocycles. The minimum atomic E-state index is -0.833. The monoisotopic (exact) mass is 246 g/mol. The number of aliphatic carboxylic acids is 1. The minimum absolute atomic E-state index is 0.833. The normalized spacial score (nSPS) is 8.17. The molecule has 0 saturated carbocycles. The molecule has 0 aliphatic heterocycles. The van der Waals surface area contributed by atoms with Crippen LogP contribution < -0.4 is 11.7 Å². The average molecular weight is 246 g/mol. The molecule has 0 heterocycles. The fourth-order valence-corrected chi connectivity index (χ4v) is 1.26. The zero-order valence-electron chi connectivity index (χ0n) is 10.3. The summed E-state index contributed by atoms with van der Waals surface area (Å²) in [5.74, 6) is 7.17. The molecule has 0 fully saturated rings. The van der Waals surface area contributed by atoms with E-state index in [9.17, 15) is 0 Å². The van der Waals surface area contributed by atoms with Crippen molar-refractivity contribution in [2.45, 2.75) is 6.92 Å². The second-order valence-electron chi connectivity index (χ2n) is 3.25. The number of hydrazine groups is 1. The second kappa shape index (κ2) is 10.0. The summed E-state index contributed by atoms with van der Waals surface area (Å²) in [6.45, 7) is 1.08. The van der Waals surface area contributed by atoms with Crippen LogP contribution in [-0.4, -0.2) is 11.1 Å². The van der Waals surface area contributed by atoms with Crippen LogP contribution >= 0.6 is 0 Å². The summed E-state index contributed by atoms with van der Waals surface area (Å²) >= 11 is 0. The van der Waals surface area contributed by atoms with Gasteiger partial charge >= 0.3 is 0 Å². The highest BCUT2D eigenvalue weighted by Gasteiger charge is 1.91. The Hall–Kier alpha value is -2.17. The molecule has 2 rings (SSSR count). The van der Waals surface area contributed by atoms with Gasteiger partial charge in [0.25, 0.3) is 5.97 Å². The third-order valence-electron chi connectivity index (χ3n) is 1.88. The standard InChI is InChI=1S/C12H10.C2H4O2.H4N2/c1-3-7-11(8-4-1)12-9-5-2-6-10-12;1-2(3)4;1-2/h1-10H;1H3,(H,3,4);1-2H2. The van der Waals surface area contributed by atoms with Crippen molar-refractivity contribution in [1.82, 2.24) is 0 Å². The number of benzene rings is 2. The van der Waals surface area contributed by atoms with Crippen LogP contribution in [0.2, 0.25) is 0 Å². The molecule has 0 atom stereocenters. The lowest BCUT2D eigenvalue weighted by atomic mass is 10.1. The topological polar surface area (TPSA) is 89.3 Å². The summed E-state index contributed by atoms with van der Waals surface area (Å²) in [5, 5.41) is 7.42. The second-order valence-corrected chi connectivity index (χ2v) is 3.25. The van der Waals surface area contributed by atoms with Crippen molar-refractivity contribution in [2.24, 2.45) is 11.7 Å². The van der Waals surface area contributed by atoms with Crippen LogP contribution in [0.1, 0.15) is 6.92 Å². The van der Waals surface area contributed by atoms with Gasteiger partial charge in [0.05, 0.1) is 0 Å². The molecule has 0 spiro atoms. The lowest BCUT2D eigenvalue weighted by Gasteiger charge is -1.98. The molecule has 0 bridgehead atoms. The van der Waals surface area contributed by atoms with Gasteiger partial charge in [-0.3, -0.25) is 16.5 Å². The first-order valence-corrected chi connectivity index (χ1v) is 5.33. The van der Waals surface area contributed by atoms with Gasteiger partial charge in [0.15, 0.2) is 0 Å². The number of nitrogens with two attached hydrogens (primary N) is 2. The summed E-state index contributed by atoms with van der Waals surface area (Å²) < 4.78 is 0. The van der Waals surface area contributed by atoms with E-state index in [0.29, 0.717) is 0 Å². The highest BCUT2D eigenvalue weighted by Crippen LogP contribution is 2.17. The fourth-order valence-electron chi connectivity index (χ4n) is 1.26. The minimum Gasteiger partial charge on any atom is -0.481 e. The van der Waals surface area contributed by atoms with Crippen molar-refractivity contribution >= 4 is 5.97 Å². The fraction of sp³-hybridized carbons (Fsp3) is 0.0714. The van der Waals surface area contributed by atoms with E-state index in [1.165, 1.54) is 11.1 Å². The van der Waals surface area contributed by atoms with Gasteiger partial charge in [-0.25, -0.2) is 0 Å². The van der Waals surface area contributed by atoms with E-state index in [0.717, 1.165) is 6.92 Å². The number of carbonyl (C=O) groups is 1. The van der Waals surface area contributed by atoms with E-state index in [4.69, 9.17) is 9.90 Å². The van der Waals surface area contributed by atoms with Crippen molar-refractivity contribution in [1.29, 1.82) is 0 Å². The first kappa shape index (κ1) is 15.8. The molecule has 2 aromatic carbocycles. The van der Waals surface area contributed by atoms with Gasteiger partial charge in [-0.2, -0.15) is 0 Å². The third kappa shape index (κ3) is 7.16. The maximum atomic E-state index is 9.00. The van der Waals surface area contributed by atoms with Crippen LogP contribution in [0.5, 0.6) is 0 Å². The Kier molecular flexibility index (Phi) is 8.81. The van der Waals surface area contributed by atoms with Crippen molar-refractivity contribution in [3.63, 3.8) is 0 Å². The number of carboxylic acid groups (broad SMARTS) is 1. The van der Waals surface area contributed by atoms with Crippen LogP contribution in [0.15, 0.2) is 60.7 Å². The average Bonchev–Trinajstić information content (AvgIpc) is 2.42. The predicted molar refractivity (Wildman–Crippen MR) is 73.6 cm³/mol. The van der Waals surface area contributed by atoms with Gasteiger partial charge in [-0.15, -0.1) is 0 Å². The molecule has 5 N–H and O–H groups in total. The van der Waals surface area contributed by atoms with E-state index in [2.05, 4.69) is 60.2 Å². The Labute approximate surface area is 107 Å². The lowest BCUT2D eigenvalue weighted by molar-refractivity contribution is -0.134. The number of rotatable bonds is 1. The molecule has 4 heteroatoms.